The van der Waals surface area contributed by atoms with E-state index in [2.05, 4.69) is 44.1 Å². The Kier molecular flexibility index (Phi) is 29.4. The summed E-state index contributed by atoms with van der Waals surface area (Å²) in [6.07, 6.45) is 5.72. The van der Waals surface area contributed by atoms with Crippen molar-refractivity contribution in [2.24, 2.45) is 0 Å². The number of para-hydroxylation sites is 2. The zero-order valence-corrected chi connectivity index (χ0v) is 85.6. The number of likely N-dealkylation sites (N-methyl/N-ethyl adjacent to an activating group) is 3. The number of hydrogen-bond acceptors (Lipinski definition) is 20. The van der Waals surface area contributed by atoms with Crippen LogP contribution >= 0.6 is 81.2 Å². The van der Waals surface area contributed by atoms with Crippen LogP contribution in [-0.2, 0) is 70.9 Å². The summed E-state index contributed by atoms with van der Waals surface area (Å²) in [6.45, 7) is 2.54. The molecule has 0 radical (unpaired) electrons. The molecule has 20 rings (SSSR count). The van der Waals surface area contributed by atoms with Gasteiger partial charge in [0.25, 0.3) is 36.0 Å². The highest BCUT2D eigenvalue weighted by molar-refractivity contribution is 7.94. The molecule has 0 spiro atoms. The second kappa shape index (κ2) is 41.3. The van der Waals surface area contributed by atoms with Gasteiger partial charge in [-0.1, -0.05) is 154 Å². The van der Waals surface area contributed by atoms with Gasteiger partial charge in [0.1, 0.15) is 14.7 Å². The van der Waals surface area contributed by atoms with Gasteiger partial charge in [-0.05, 0) is 212 Å². The number of amides is 1. The highest BCUT2D eigenvalue weighted by Crippen LogP contribution is 2.42. The zero-order valence-electron chi connectivity index (χ0n) is 74.6. The quantitative estimate of drug-likeness (QED) is 0.0502. The maximum absolute atomic E-state index is 13.2. The molecule has 4 saturated heterocycles. The van der Waals surface area contributed by atoms with Gasteiger partial charge in [0.2, 0.25) is 0 Å². The minimum atomic E-state index is -4.10. The number of benzene rings is 11. The molecule has 5 N–H and O–H groups in total. The Balaban J connectivity index is 0.000000130. The van der Waals surface area contributed by atoms with E-state index in [4.69, 9.17) is 86.2 Å². The molecule has 9 heterocycles. The molecule has 16 aromatic rings. The lowest BCUT2D eigenvalue weighted by atomic mass is 10.0. The van der Waals surface area contributed by atoms with Crippen molar-refractivity contribution < 1.29 is 63.7 Å². The van der Waals surface area contributed by atoms with Crippen LogP contribution < -0.4 is 41.4 Å². The Morgan fingerprint density at radius 2 is 0.718 bits per heavy atom. The molecule has 4 aliphatic heterocycles. The van der Waals surface area contributed by atoms with Gasteiger partial charge in [-0.25, -0.2) is 40.2 Å². The molecular formula is C96H80Cl7N17O15S7. The summed E-state index contributed by atoms with van der Waals surface area (Å²) in [6, 6.07) is 76.1. The highest BCUT2D eigenvalue weighted by atomic mass is 35.5. The van der Waals surface area contributed by atoms with Crippen LogP contribution in [0.15, 0.2) is 306 Å². The Morgan fingerprint density at radius 1 is 0.345 bits per heavy atom. The third-order valence-corrected chi connectivity index (χ3v) is 37.4. The summed E-state index contributed by atoms with van der Waals surface area (Å²) in [7, 11) is -22.4. The van der Waals surface area contributed by atoms with Crippen LogP contribution in [0.4, 0.5) is 45.5 Å². The summed E-state index contributed by atoms with van der Waals surface area (Å²) in [5.74, 6) is -0.314. The molecule has 46 heteroatoms. The number of pyridine rings is 5. The van der Waals surface area contributed by atoms with E-state index in [1.807, 2.05) is 109 Å². The van der Waals surface area contributed by atoms with Crippen molar-refractivity contribution in [1.29, 1.82) is 0 Å². The average molecular weight is 2180 g/mol. The highest BCUT2D eigenvalue weighted by Gasteiger charge is 2.39. The summed E-state index contributed by atoms with van der Waals surface area (Å²) in [4.78, 5) is 34.8. The van der Waals surface area contributed by atoms with Gasteiger partial charge < -0.3 is 5.32 Å². The van der Waals surface area contributed by atoms with Crippen molar-refractivity contribution >= 4 is 247 Å². The first kappa shape index (κ1) is 101. The SMILES string of the molecule is CN1CCN(c2ccc(S(=O)(=O)Nc3ccc(Cl)c(-c4ccc5ccccc5n4)c3)c(Cl)c2)S1(=O)=O.CN1CCN(c2ccc(S(=O)(=O)Nc3ccc(Cl)c(-c4ccc5cnccc5n4)c3)c(Cl)c2)S1(=O)=O.CN1CCN(c2ccc(S(=O)(=O)Nc3ccc(Cl)c(-c4nccc5ccccc45)c3)c(Cl)c2)S1(=O)=O.O=C(Nc1ccc(Cl)c(-c2ccc3ccccc3n2)c1)c1ccc(N2CCCNS2(=O)=O)cc1. The van der Waals surface area contributed by atoms with E-state index in [0.29, 0.717) is 133 Å². The fourth-order valence-corrected chi connectivity index (χ4v) is 26.8. The van der Waals surface area contributed by atoms with E-state index in [9.17, 15) is 63.7 Å². The van der Waals surface area contributed by atoms with Gasteiger partial charge in [-0.3, -0.25) is 46.1 Å². The summed E-state index contributed by atoms with van der Waals surface area (Å²) in [5.41, 5.74) is 10.4. The molecule has 142 heavy (non-hydrogen) atoms. The number of nitrogens with zero attached hydrogens (tertiary/aromatic N) is 12. The zero-order chi connectivity index (χ0) is 101. The van der Waals surface area contributed by atoms with Gasteiger partial charge in [0.15, 0.2) is 0 Å². The number of fused-ring (bicyclic) bond motifs is 4. The van der Waals surface area contributed by atoms with Gasteiger partial charge in [-0.2, -0.15) is 51.3 Å². The van der Waals surface area contributed by atoms with E-state index < -0.39 is 70.9 Å². The van der Waals surface area contributed by atoms with E-state index in [1.54, 1.807) is 122 Å². The third-order valence-electron chi connectivity index (χ3n) is 23.2. The first-order chi connectivity index (χ1) is 67.6. The molecule has 730 valence electrons. The van der Waals surface area contributed by atoms with E-state index in [-0.39, 0.29) is 78.0 Å². The number of anilines is 8. The molecule has 11 aromatic carbocycles. The minimum absolute atomic E-state index is 0.102. The largest absolute Gasteiger partial charge is 0.322 e. The number of rotatable bonds is 19. The Morgan fingerprint density at radius 3 is 1.13 bits per heavy atom. The van der Waals surface area contributed by atoms with E-state index in [1.165, 1.54) is 112 Å². The van der Waals surface area contributed by atoms with E-state index >= 15 is 0 Å². The predicted molar refractivity (Wildman–Crippen MR) is 563 cm³/mol. The van der Waals surface area contributed by atoms with Crippen LogP contribution in [0.25, 0.3) is 88.5 Å². The second-order valence-corrected chi connectivity index (χ2v) is 47.8. The fourth-order valence-electron chi connectivity index (χ4n) is 15.8. The van der Waals surface area contributed by atoms with Gasteiger partial charge in [0.05, 0.1) is 97.2 Å². The number of halogens is 7. The Labute approximate surface area is 854 Å². The first-order valence-electron chi connectivity index (χ1n) is 42.9. The van der Waals surface area contributed by atoms with Crippen LogP contribution in [0.1, 0.15) is 16.8 Å². The van der Waals surface area contributed by atoms with Crippen LogP contribution in [0.3, 0.4) is 0 Å². The number of sulfonamides is 3. The summed E-state index contributed by atoms with van der Waals surface area (Å²) < 4.78 is 197. The molecule has 0 unspecified atom stereocenters. The predicted octanol–water partition coefficient (Wildman–Crippen LogP) is 19.3. The Hall–Kier alpha value is -12.2. The van der Waals surface area contributed by atoms with Crippen molar-refractivity contribution in [3.63, 3.8) is 0 Å². The molecule has 4 aliphatic rings. The molecule has 0 aliphatic carbocycles. The van der Waals surface area contributed by atoms with Crippen LogP contribution in [0.2, 0.25) is 35.2 Å². The van der Waals surface area contributed by atoms with Crippen LogP contribution in [0.5, 0.6) is 0 Å². The van der Waals surface area contributed by atoms with Crippen molar-refractivity contribution in [2.75, 3.05) is 110 Å². The van der Waals surface area contributed by atoms with Crippen molar-refractivity contribution in [3.8, 4) is 45.0 Å². The summed E-state index contributed by atoms with van der Waals surface area (Å²) in [5, 5.41) is 9.05. The normalized spacial score (nSPS) is 15.8. The van der Waals surface area contributed by atoms with Gasteiger partial charge >= 0.3 is 40.8 Å². The van der Waals surface area contributed by atoms with Crippen molar-refractivity contribution in [3.05, 3.63) is 332 Å². The second-order valence-electron chi connectivity index (χ2n) is 32.4. The Bertz CT molecular complexity index is 8340. The molecule has 0 bridgehead atoms. The number of hydrogen-bond donors (Lipinski definition) is 5. The number of nitrogens with one attached hydrogen (secondary N) is 5. The standard InChI is InChI=1S/C25H21ClN4O3S.2C24H20Cl2N4O4S2.C23H19Cl2N5O4S2/c26-22-12-9-19(16-21(22)24-13-8-17-4-1-2-5-23(17)29-24)28-25(31)18-6-10-20(11-7-18)30-15-3-14-27-34(30,32)33;1-29-12-13-30(36(29,33)34)18-8-11-24(21(26)15-18)35(31,32)28-17-7-9-20(25)19(14-17)23-10-6-16-4-2-3-5-22(16)27-23;1-29-12-13-30(36(29,33)34)18-7-9-23(22(26)15-18)35(31,32)28-17-6-8-21(25)20(14-17)24-19-5-3-2-4-16(19)10-11-27-24;1-29-10-11-30(36(29,33)34)17-4-7-23(20(25)13-17)35(31,32)28-16-3-5-19(24)18(12-16)22-6-2-15-14-26-9-8-21(15)27-22/h1-2,4-13,16,27H,3,14-15H2,(H,28,31);2*2-11,14-15,28H,12-13H2,1H3;2-9,12-14,28H,10-11H2,1H3. The molecule has 4 fully saturated rings. The maximum Gasteiger partial charge on any atom is 0.303 e. The van der Waals surface area contributed by atoms with Crippen LogP contribution in [0, 0.1) is 0 Å². The molecule has 32 nitrogen and oxygen atoms in total. The van der Waals surface area contributed by atoms with Crippen molar-refractivity contribution in [2.45, 2.75) is 21.1 Å². The fraction of sp³-hybridized carbons (Fsp3) is 0.125. The van der Waals surface area contributed by atoms with Gasteiger partial charge in [0, 0.05) is 164 Å². The minimum Gasteiger partial charge on any atom is -0.322 e. The van der Waals surface area contributed by atoms with E-state index in [0.717, 1.165) is 43.5 Å². The smallest absolute Gasteiger partial charge is 0.303 e. The molecule has 5 aromatic heterocycles. The first-order valence-corrected chi connectivity index (χ1v) is 55.7. The number of aromatic nitrogens is 5. The lowest BCUT2D eigenvalue weighted by molar-refractivity contribution is 0.102. The third kappa shape index (κ3) is 21.7. The van der Waals surface area contributed by atoms with Gasteiger partial charge in [-0.15, -0.1) is 0 Å². The topological polar surface area (TPSA) is 403 Å². The van der Waals surface area contributed by atoms with Crippen molar-refractivity contribution in [1.82, 2.24) is 42.6 Å². The monoisotopic (exact) mass is 2180 g/mol. The molecule has 0 saturated carbocycles. The molecule has 1 amide bonds. The molecular weight excluding hydrogens is 2100 g/mol. The van der Waals surface area contributed by atoms with Crippen LogP contribution in [-0.4, -0.2) is 176 Å². The maximum atomic E-state index is 13.2. The summed E-state index contributed by atoms with van der Waals surface area (Å²) >= 11 is 44.6. The average Bonchev–Trinajstić information content (AvgIpc) is 1.09. The molecule has 0 atom stereocenters. The lowest BCUT2D eigenvalue weighted by Gasteiger charge is -2.28. The lowest BCUT2D eigenvalue weighted by Crippen LogP contribution is -2.47. The number of carbonyl (C=O) groups is 1. The number of carbonyl (C=O) groups excluding carboxylic acids is 1.